The van der Waals surface area contributed by atoms with Gasteiger partial charge in [-0.3, -0.25) is 9.29 Å². The first kappa shape index (κ1) is 12.8. The zero-order chi connectivity index (χ0) is 14.0. The summed E-state index contributed by atoms with van der Waals surface area (Å²) in [5, 5.41) is 1.72. The molecule has 0 radical (unpaired) electrons. The fourth-order valence-corrected chi connectivity index (χ4v) is 3.65. The fraction of sp³-hybridized carbons (Fsp3) is 0. The van der Waals surface area contributed by atoms with E-state index in [1.165, 1.54) is 17.5 Å². The number of imidazole rings is 1. The average Bonchev–Trinajstić information content (AvgIpc) is 3.13. The third-order valence-corrected chi connectivity index (χ3v) is 5.31. The van der Waals surface area contributed by atoms with Crippen LogP contribution in [0, 0.1) is 0 Å². The first-order valence-corrected chi connectivity index (χ1v) is 8.02. The van der Waals surface area contributed by atoms with Crippen LogP contribution in [0.3, 0.4) is 0 Å². The molecule has 0 amide bonds. The Labute approximate surface area is 119 Å². The first-order valence-electron chi connectivity index (χ1n) is 5.66. The van der Waals surface area contributed by atoms with E-state index in [9.17, 15) is 8.42 Å². The molecule has 0 saturated carbocycles. The molecule has 0 aromatic carbocycles. The first-order chi connectivity index (χ1) is 9.65. The third kappa shape index (κ3) is 2.56. The van der Waals surface area contributed by atoms with Crippen molar-refractivity contribution in [3.05, 3.63) is 54.6 Å². The minimum atomic E-state index is -3.53. The lowest BCUT2D eigenvalue weighted by Crippen LogP contribution is -2.11. The second-order valence-electron chi connectivity index (χ2n) is 3.91. The van der Waals surface area contributed by atoms with Gasteiger partial charge in [0.1, 0.15) is 16.4 Å². The Morgan fingerprint density at radius 3 is 2.75 bits per heavy atom. The Kier molecular flexibility index (Phi) is 3.25. The molecule has 0 aliphatic carbocycles. The van der Waals surface area contributed by atoms with Gasteiger partial charge in [0, 0.05) is 12.4 Å². The molecular weight excluding hydrogens is 296 g/mol. The van der Waals surface area contributed by atoms with Gasteiger partial charge in [0.25, 0.3) is 10.0 Å². The number of thiophene rings is 1. The van der Waals surface area contributed by atoms with Crippen molar-refractivity contribution in [2.75, 3.05) is 4.72 Å². The highest BCUT2D eigenvalue weighted by molar-refractivity contribution is 7.94. The molecule has 0 aliphatic rings. The van der Waals surface area contributed by atoms with Crippen molar-refractivity contribution in [2.24, 2.45) is 0 Å². The van der Waals surface area contributed by atoms with Crippen LogP contribution in [0.1, 0.15) is 0 Å². The molecule has 3 heterocycles. The third-order valence-electron chi connectivity index (χ3n) is 2.53. The Hall–Kier alpha value is -2.19. The van der Waals surface area contributed by atoms with Crippen LogP contribution in [0.15, 0.2) is 58.8 Å². The second kappa shape index (κ2) is 5.06. The highest BCUT2D eigenvalue weighted by Crippen LogP contribution is 2.20. The molecule has 6 nitrogen and oxygen atoms in total. The van der Waals surface area contributed by atoms with E-state index in [-0.39, 0.29) is 4.21 Å². The van der Waals surface area contributed by atoms with Gasteiger partial charge >= 0.3 is 0 Å². The Morgan fingerprint density at radius 2 is 2.15 bits per heavy atom. The van der Waals surface area contributed by atoms with Crippen LogP contribution in [-0.2, 0) is 10.0 Å². The molecule has 3 aromatic heterocycles. The van der Waals surface area contributed by atoms with Crippen molar-refractivity contribution >= 4 is 27.0 Å². The molecule has 8 heteroatoms. The maximum Gasteiger partial charge on any atom is 0.271 e. The van der Waals surface area contributed by atoms with Gasteiger partial charge in [-0.1, -0.05) is 6.07 Å². The zero-order valence-electron chi connectivity index (χ0n) is 10.2. The second-order valence-corrected chi connectivity index (χ2v) is 6.77. The zero-order valence-corrected chi connectivity index (χ0v) is 11.8. The number of pyridine rings is 1. The largest absolute Gasteiger partial charge is 0.291 e. The Morgan fingerprint density at radius 1 is 1.25 bits per heavy atom. The van der Waals surface area contributed by atoms with E-state index in [0.717, 1.165) is 0 Å². The van der Waals surface area contributed by atoms with E-state index in [1.54, 1.807) is 52.9 Å². The fourth-order valence-electron chi connectivity index (χ4n) is 1.62. The lowest BCUT2D eigenvalue weighted by molar-refractivity contribution is 0.603. The molecule has 0 saturated heterocycles. The van der Waals surface area contributed by atoms with Gasteiger partial charge in [0.15, 0.2) is 0 Å². The van der Waals surface area contributed by atoms with Crippen molar-refractivity contribution in [3.8, 4) is 5.82 Å². The van der Waals surface area contributed by atoms with Gasteiger partial charge < -0.3 is 0 Å². The Bertz CT molecular complexity index is 779. The topological polar surface area (TPSA) is 76.9 Å². The number of sulfonamides is 1. The van der Waals surface area contributed by atoms with Crippen LogP contribution in [-0.4, -0.2) is 23.0 Å². The van der Waals surface area contributed by atoms with Gasteiger partial charge in [-0.05, 0) is 23.6 Å². The SMILES string of the molecule is O=S(=O)(Nc1ccc(-n2ccnc2)nc1)c1cccs1. The number of anilines is 1. The van der Waals surface area contributed by atoms with Crippen LogP contribution in [0.25, 0.3) is 5.82 Å². The molecule has 0 unspecified atom stereocenters. The van der Waals surface area contributed by atoms with E-state index < -0.39 is 10.0 Å². The smallest absolute Gasteiger partial charge is 0.271 e. The van der Waals surface area contributed by atoms with E-state index in [0.29, 0.717) is 11.5 Å². The predicted molar refractivity (Wildman–Crippen MR) is 76.5 cm³/mol. The summed E-state index contributed by atoms with van der Waals surface area (Å²) in [7, 11) is -3.53. The van der Waals surface area contributed by atoms with Gasteiger partial charge in [0.2, 0.25) is 0 Å². The number of hydrogen-bond acceptors (Lipinski definition) is 5. The maximum atomic E-state index is 12.0. The predicted octanol–water partition coefficient (Wildman–Crippen LogP) is 2.13. The molecule has 0 atom stereocenters. The molecule has 3 rings (SSSR count). The molecule has 102 valence electrons. The van der Waals surface area contributed by atoms with E-state index >= 15 is 0 Å². The molecule has 0 fully saturated rings. The summed E-state index contributed by atoms with van der Waals surface area (Å²) < 4.78 is 28.6. The van der Waals surface area contributed by atoms with Crippen LogP contribution < -0.4 is 4.72 Å². The summed E-state index contributed by atoms with van der Waals surface area (Å²) >= 11 is 1.17. The van der Waals surface area contributed by atoms with Crippen molar-refractivity contribution in [2.45, 2.75) is 4.21 Å². The molecule has 0 aliphatic heterocycles. The van der Waals surface area contributed by atoms with E-state index in [4.69, 9.17) is 0 Å². The maximum absolute atomic E-state index is 12.0. The summed E-state index contributed by atoms with van der Waals surface area (Å²) in [5.41, 5.74) is 0.419. The molecule has 3 aromatic rings. The highest BCUT2D eigenvalue weighted by Gasteiger charge is 2.15. The number of rotatable bonds is 4. The number of nitrogens with zero attached hydrogens (tertiary/aromatic N) is 3. The minimum absolute atomic E-state index is 0.274. The summed E-state index contributed by atoms with van der Waals surface area (Å²) in [4.78, 5) is 8.11. The standard InChI is InChI=1S/C12H10N4O2S2/c17-20(18,12-2-1-7-19-12)15-10-3-4-11(14-8-10)16-6-5-13-9-16/h1-9,15H. The van der Waals surface area contributed by atoms with Gasteiger partial charge in [0.05, 0.1) is 11.9 Å². The number of nitrogens with one attached hydrogen (secondary N) is 1. The molecule has 20 heavy (non-hydrogen) atoms. The highest BCUT2D eigenvalue weighted by atomic mass is 32.2. The average molecular weight is 306 g/mol. The van der Waals surface area contributed by atoms with Crippen molar-refractivity contribution < 1.29 is 8.42 Å². The van der Waals surface area contributed by atoms with Gasteiger partial charge in [-0.25, -0.2) is 18.4 Å². The monoisotopic (exact) mass is 306 g/mol. The molecule has 0 spiro atoms. The van der Waals surface area contributed by atoms with Crippen molar-refractivity contribution in [3.63, 3.8) is 0 Å². The lowest BCUT2D eigenvalue weighted by Gasteiger charge is -2.07. The summed E-state index contributed by atoms with van der Waals surface area (Å²) in [6, 6.07) is 6.63. The number of aromatic nitrogens is 3. The normalized spacial score (nSPS) is 11.4. The van der Waals surface area contributed by atoms with Crippen LogP contribution in [0.5, 0.6) is 0 Å². The van der Waals surface area contributed by atoms with E-state index in [2.05, 4.69) is 14.7 Å². The minimum Gasteiger partial charge on any atom is -0.291 e. The Balaban J connectivity index is 1.83. The molecule has 0 bridgehead atoms. The summed E-state index contributed by atoms with van der Waals surface area (Å²) in [6.07, 6.45) is 6.51. The van der Waals surface area contributed by atoms with Crippen molar-refractivity contribution in [1.29, 1.82) is 0 Å². The number of hydrogen-bond donors (Lipinski definition) is 1. The molecule has 1 N–H and O–H groups in total. The van der Waals surface area contributed by atoms with Gasteiger partial charge in [-0.15, -0.1) is 11.3 Å². The summed E-state index contributed by atoms with van der Waals surface area (Å²) in [5.74, 6) is 0.668. The molecular formula is C12H10N4O2S2. The summed E-state index contributed by atoms with van der Waals surface area (Å²) in [6.45, 7) is 0. The van der Waals surface area contributed by atoms with Gasteiger partial charge in [-0.2, -0.15) is 0 Å². The van der Waals surface area contributed by atoms with Crippen LogP contribution in [0.2, 0.25) is 0 Å². The van der Waals surface area contributed by atoms with Crippen LogP contribution >= 0.6 is 11.3 Å². The lowest BCUT2D eigenvalue weighted by atomic mass is 10.4. The quantitative estimate of drug-likeness (QED) is 0.801. The van der Waals surface area contributed by atoms with Crippen LogP contribution in [0.4, 0.5) is 5.69 Å². The van der Waals surface area contributed by atoms with E-state index in [1.807, 2.05) is 0 Å². The van der Waals surface area contributed by atoms with Crippen molar-refractivity contribution in [1.82, 2.24) is 14.5 Å².